The number of nitrogens with zero attached hydrogens (tertiary/aromatic N) is 2. The molecule has 220 valence electrons. The van der Waals surface area contributed by atoms with Crippen LogP contribution in [0.15, 0.2) is 42.0 Å². The second kappa shape index (κ2) is 13.0. The fraction of sp³-hybridized carbons (Fsp3) is 0.500. The molecule has 3 aliphatic heterocycles. The molecule has 2 saturated heterocycles. The average molecular weight is 565 g/mol. The second-order valence-corrected chi connectivity index (χ2v) is 10.9. The minimum Gasteiger partial charge on any atom is -0.507 e. The highest BCUT2D eigenvalue weighted by molar-refractivity contribution is 6.46. The predicted octanol–water partition coefficient (Wildman–Crippen LogP) is 4.34. The summed E-state index contributed by atoms with van der Waals surface area (Å²) in [5, 5.41) is 11.6. The van der Waals surface area contributed by atoms with Gasteiger partial charge in [0.2, 0.25) is 0 Å². The third-order valence-corrected chi connectivity index (χ3v) is 7.95. The van der Waals surface area contributed by atoms with Crippen molar-refractivity contribution in [2.75, 3.05) is 53.1 Å². The lowest BCUT2D eigenvalue weighted by Gasteiger charge is -2.29. The number of methoxy groups -OCH3 is 1. The Kier molecular flexibility index (Phi) is 9.15. The molecule has 0 saturated carbocycles. The number of hydrogen-bond donors (Lipinski definition) is 1. The minimum absolute atomic E-state index is 0.0463. The number of Topliss-reactive ketones (excluding diaryl/α,β-unsaturated/α-hetero) is 1. The van der Waals surface area contributed by atoms with Gasteiger partial charge in [0.25, 0.3) is 11.7 Å². The highest BCUT2D eigenvalue weighted by atomic mass is 16.5. The largest absolute Gasteiger partial charge is 0.507 e. The quantitative estimate of drug-likeness (QED) is 0.186. The number of aliphatic hydroxyl groups is 1. The molecule has 3 heterocycles. The van der Waals surface area contributed by atoms with Gasteiger partial charge >= 0.3 is 0 Å². The fourth-order valence-electron chi connectivity index (χ4n) is 5.77. The molecule has 41 heavy (non-hydrogen) atoms. The van der Waals surface area contributed by atoms with E-state index in [2.05, 4.69) is 11.8 Å². The number of hydrogen-bond acceptors (Lipinski definition) is 8. The maximum absolute atomic E-state index is 13.5. The van der Waals surface area contributed by atoms with E-state index in [1.165, 1.54) is 0 Å². The van der Waals surface area contributed by atoms with Crippen LogP contribution in [0.5, 0.6) is 17.2 Å². The number of carbonyl (C=O) groups is 2. The third kappa shape index (κ3) is 6.21. The van der Waals surface area contributed by atoms with Crippen molar-refractivity contribution in [3.05, 3.63) is 58.7 Å². The average Bonchev–Trinajstić information content (AvgIpc) is 3.48. The molecular formula is C32H40N2O7. The standard InChI is InChI=1S/C32H40N2O7/c1-4-5-15-40-26-10-7-22(20-27(26)38-3)29-28(30(35)23-8-9-25-24(19-23)18-21(2)41-25)31(36)32(37)34(29)12-6-11-33-13-16-39-17-14-33/h7-10,19-21,29,35H,4-6,11-18H2,1-3H3. The predicted molar refractivity (Wildman–Crippen MR) is 155 cm³/mol. The number of likely N-dealkylation sites (tertiary alicyclic amines) is 1. The van der Waals surface area contributed by atoms with Gasteiger partial charge in [-0.05, 0) is 61.2 Å². The Labute approximate surface area is 241 Å². The van der Waals surface area contributed by atoms with Gasteiger partial charge in [-0.3, -0.25) is 14.5 Å². The molecule has 9 heteroatoms. The number of benzene rings is 2. The number of ketones is 1. The summed E-state index contributed by atoms with van der Waals surface area (Å²) in [6, 6.07) is 10.1. The van der Waals surface area contributed by atoms with Crippen LogP contribution in [0.4, 0.5) is 0 Å². The van der Waals surface area contributed by atoms with Crippen LogP contribution in [0.3, 0.4) is 0 Å². The van der Waals surface area contributed by atoms with Crippen LogP contribution in [0.1, 0.15) is 55.8 Å². The number of aliphatic hydroxyl groups excluding tert-OH is 1. The Morgan fingerprint density at radius 1 is 1.05 bits per heavy atom. The van der Waals surface area contributed by atoms with Crippen LogP contribution in [0.25, 0.3) is 5.76 Å². The van der Waals surface area contributed by atoms with Crippen molar-refractivity contribution in [1.29, 1.82) is 0 Å². The van der Waals surface area contributed by atoms with Crippen LogP contribution in [0.2, 0.25) is 0 Å². The summed E-state index contributed by atoms with van der Waals surface area (Å²) in [4.78, 5) is 30.9. The van der Waals surface area contributed by atoms with Gasteiger partial charge in [-0.15, -0.1) is 0 Å². The van der Waals surface area contributed by atoms with E-state index in [4.69, 9.17) is 18.9 Å². The van der Waals surface area contributed by atoms with E-state index in [0.717, 1.165) is 43.8 Å². The molecule has 2 atom stereocenters. The van der Waals surface area contributed by atoms with E-state index < -0.39 is 17.7 Å². The first-order valence-corrected chi connectivity index (χ1v) is 14.6. The van der Waals surface area contributed by atoms with E-state index in [0.29, 0.717) is 61.8 Å². The van der Waals surface area contributed by atoms with Gasteiger partial charge in [-0.25, -0.2) is 0 Å². The van der Waals surface area contributed by atoms with E-state index in [1.807, 2.05) is 31.2 Å². The third-order valence-electron chi connectivity index (χ3n) is 7.95. The van der Waals surface area contributed by atoms with Gasteiger partial charge in [-0.2, -0.15) is 0 Å². The maximum Gasteiger partial charge on any atom is 0.295 e. The van der Waals surface area contributed by atoms with E-state index in [1.54, 1.807) is 24.1 Å². The molecule has 0 spiro atoms. The first-order valence-electron chi connectivity index (χ1n) is 14.6. The Bertz CT molecular complexity index is 1300. The summed E-state index contributed by atoms with van der Waals surface area (Å²) in [7, 11) is 1.57. The smallest absolute Gasteiger partial charge is 0.295 e. The number of carbonyl (C=O) groups excluding carboxylic acids is 2. The summed E-state index contributed by atoms with van der Waals surface area (Å²) >= 11 is 0. The summed E-state index contributed by atoms with van der Waals surface area (Å²) in [5.74, 6) is 0.402. The molecule has 2 aromatic rings. The highest BCUT2D eigenvalue weighted by Crippen LogP contribution is 2.43. The molecule has 3 aliphatic rings. The minimum atomic E-state index is -0.762. The molecule has 5 rings (SSSR count). The Balaban J connectivity index is 1.50. The Morgan fingerprint density at radius 3 is 2.61 bits per heavy atom. The van der Waals surface area contributed by atoms with Crippen molar-refractivity contribution < 1.29 is 33.6 Å². The topological polar surface area (TPSA) is 97.8 Å². The molecule has 1 amide bonds. The molecule has 0 aromatic heterocycles. The SMILES string of the molecule is CCCCOc1ccc(C2C(=C(O)c3ccc4c(c3)CC(C)O4)C(=O)C(=O)N2CCCN2CCOCC2)cc1OC. The van der Waals surface area contributed by atoms with Crippen molar-refractivity contribution >= 4 is 17.4 Å². The molecule has 0 aliphatic carbocycles. The van der Waals surface area contributed by atoms with Gasteiger partial charge in [0, 0.05) is 38.2 Å². The number of unbranched alkanes of at least 4 members (excludes halogenated alkanes) is 1. The molecule has 9 nitrogen and oxygen atoms in total. The molecule has 2 fully saturated rings. The summed E-state index contributed by atoms with van der Waals surface area (Å²) in [5.41, 5.74) is 2.21. The zero-order chi connectivity index (χ0) is 28.9. The van der Waals surface area contributed by atoms with Gasteiger partial charge in [-0.1, -0.05) is 19.4 Å². The van der Waals surface area contributed by atoms with Crippen LogP contribution < -0.4 is 14.2 Å². The second-order valence-electron chi connectivity index (χ2n) is 10.9. The molecule has 0 bridgehead atoms. The van der Waals surface area contributed by atoms with E-state index in [-0.39, 0.29) is 17.4 Å². The number of fused-ring (bicyclic) bond motifs is 1. The Morgan fingerprint density at radius 2 is 1.85 bits per heavy atom. The lowest BCUT2D eigenvalue weighted by Crippen LogP contribution is -2.39. The highest BCUT2D eigenvalue weighted by Gasteiger charge is 2.46. The van der Waals surface area contributed by atoms with E-state index >= 15 is 0 Å². The summed E-state index contributed by atoms with van der Waals surface area (Å²) in [6.07, 6.45) is 3.37. The monoisotopic (exact) mass is 564 g/mol. The van der Waals surface area contributed by atoms with Crippen molar-refractivity contribution in [1.82, 2.24) is 9.80 Å². The number of amides is 1. The van der Waals surface area contributed by atoms with E-state index in [9.17, 15) is 14.7 Å². The maximum atomic E-state index is 13.5. The lowest BCUT2D eigenvalue weighted by atomic mass is 9.94. The summed E-state index contributed by atoms with van der Waals surface area (Å²) in [6.45, 7) is 8.90. The number of ether oxygens (including phenoxy) is 4. The zero-order valence-electron chi connectivity index (χ0n) is 24.2. The van der Waals surface area contributed by atoms with Gasteiger partial charge in [0.05, 0.1) is 38.5 Å². The lowest BCUT2D eigenvalue weighted by molar-refractivity contribution is -0.140. The Hall–Kier alpha value is -3.56. The van der Waals surface area contributed by atoms with Gasteiger partial charge in [0.15, 0.2) is 11.5 Å². The molecule has 2 unspecified atom stereocenters. The number of rotatable bonds is 11. The van der Waals surface area contributed by atoms with Crippen molar-refractivity contribution in [3.63, 3.8) is 0 Å². The van der Waals surface area contributed by atoms with Gasteiger partial charge in [0.1, 0.15) is 17.6 Å². The number of morpholine rings is 1. The van der Waals surface area contributed by atoms with Crippen LogP contribution in [0, 0.1) is 0 Å². The van der Waals surface area contributed by atoms with Crippen LogP contribution in [-0.4, -0.2) is 85.8 Å². The molecule has 0 radical (unpaired) electrons. The summed E-state index contributed by atoms with van der Waals surface area (Å²) < 4.78 is 22.8. The molecule has 2 aromatic carbocycles. The van der Waals surface area contributed by atoms with Crippen molar-refractivity contribution in [3.8, 4) is 17.2 Å². The molecular weight excluding hydrogens is 524 g/mol. The van der Waals surface area contributed by atoms with Gasteiger partial charge < -0.3 is 29.0 Å². The zero-order valence-corrected chi connectivity index (χ0v) is 24.2. The normalized spacial score (nSPS) is 22.1. The van der Waals surface area contributed by atoms with Crippen LogP contribution >= 0.6 is 0 Å². The fourth-order valence-corrected chi connectivity index (χ4v) is 5.77. The van der Waals surface area contributed by atoms with Crippen molar-refractivity contribution in [2.24, 2.45) is 0 Å². The molecule has 1 N–H and O–H groups in total. The van der Waals surface area contributed by atoms with Crippen LogP contribution in [-0.2, 0) is 20.7 Å². The first kappa shape index (κ1) is 29.0. The first-order chi connectivity index (χ1) is 19.9. The van der Waals surface area contributed by atoms with Crippen molar-refractivity contribution in [2.45, 2.75) is 51.7 Å².